The van der Waals surface area contributed by atoms with Crippen LogP contribution in [0.5, 0.6) is 0 Å². The lowest BCUT2D eigenvalue weighted by Gasteiger charge is -2.09. The first-order valence-electron chi connectivity index (χ1n) is 5.99. The summed E-state index contributed by atoms with van der Waals surface area (Å²) < 4.78 is 0. The quantitative estimate of drug-likeness (QED) is 0.779. The average Bonchev–Trinajstić information content (AvgIpc) is 2.40. The van der Waals surface area contributed by atoms with Gasteiger partial charge in [-0.2, -0.15) is 0 Å². The standard InChI is InChI=1S/C15H15Cl2NS/c1-18-9-12-8-14(17)6-7-15(12)19-10-11-2-4-13(16)5-3-11/h2-8,18H,9-10H2,1H3. The molecule has 0 aliphatic carbocycles. The van der Waals surface area contributed by atoms with E-state index in [1.54, 1.807) is 0 Å². The summed E-state index contributed by atoms with van der Waals surface area (Å²) in [7, 11) is 1.94. The van der Waals surface area contributed by atoms with Gasteiger partial charge in [0.05, 0.1) is 0 Å². The summed E-state index contributed by atoms with van der Waals surface area (Å²) in [4.78, 5) is 1.26. The van der Waals surface area contributed by atoms with E-state index >= 15 is 0 Å². The molecule has 0 atom stereocenters. The predicted molar refractivity (Wildman–Crippen MR) is 85.2 cm³/mol. The highest BCUT2D eigenvalue weighted by Gasteiger charge is 2.04. The van der Waals surface area contributed by atoms with Gasteiger partial charge in [0.15, 0.2) is 0 Å². The SMILES string of the molecule is CNCc1cc(Cl)ccc1SCc1ccc(Cl)cc1. The molecule has 1 N–H and O–H groups in total. The molecule has 0 aliphatic rings. The highest BCUT2D eigenvalue weighted by molar-refractivity contribution is 7.98. The van der Waals surface area contributed by atoms with E-state index in [0.29, 0.717) is 0 Å². The number of nitrogens with one attached hydrogen (secondary N) is 1. The summed E-state index contributed by atoms with van der Waals surface area (Å²) in [5.41, 5.74) is 2.49. The maximum atomic E-state index is 6.04. The molecule has 0 fully saturated rings. The van der Waals surface area contributed by atoms with Crippen molar-refractivity contribution < 1.29 is 0 Å². The van der Waals surface area contributed by atoms with Crippen molar-refractivity contribution in [3.05, 3.63) is 63.6 Å². The zero-order valence-electron chi connectivity index (χ0n) is 10.6. The second-order valence-electron chi connectivity index (χ2n) is 4.20. The molecule has 0 bridgehead atoms. The van der Waals surface area contributed by atoms with Crippen LogP contribution in [0.15, 0.2) is 47.4 Å². The van der Waals surface area contributed by atoms with Gasteiger partial charge in [0.1, 0.15) is 0 Å². The van der Waals surface area contributed by atoms with Crippen LogP contribution in [0.4, 0.5) is 0 Å². The van der Waals surface area contributed by atoms with Gasteiger partial charge in [0, 0.05) is 27.2 Å². The minimum Gasteiger partial charge on any atom is -0.316 e. The van der Waals surface area contributed by atoms with Gasteiger partial charge >= 0.3 is 0 Å². The zero-order chi connectivity index (χ0) is 13.7. The van der Waals surface area contributed by atoms with Crippen LogP contribution in [-0.4, -0.2) is 7.05 Å². The van der Waals surface area contributed by atoms with E-state index in [1.165, 1.54) is 16.0 Å². The predicted octanol–water partition coefficient (Wildman–Crippen LogP) is 5.01. The van der Waals surface area contributed by atoms with Crippen LogP contribution in [0, 0.1) is 0 Å². The van der Waals surface area contributed by atoms with Crippen molar-refractivity contribution in [2.75, 3.05) is 7.05 Å². The van der Waals surface area contributed by atoms with E-state index in [4.69, 9.17) is 23.2 Å². The van der Waals surface area contributed by atoms with Crippen molar-refractivity contribution in [2.24, 2.45) is 0 Å². The Kier molecular flexibility index (Phi) is 5.59. The monoisotopic (exact) mass is 311 g/mol. The normalized spacial score (nSPS) is 10.7. The first kappa shape index (κ1) is 14.7. The lowest BCUT2D eigenvalue weighted by Crippen LogP contribution is -2.06. The van der Waals surface area contributed by atoms with Crippen molar-refractivity contribution in [1.82, 2.24) is 5.32 Å². The fourth-order valence-electron chi connectivity index (χ4n) is 1.76. The molecule has 4 heteroatoms. The smallest absolute Gasteiger partial charge is 0.0410 e. The molecule has 2 rings (SSSR count). The molecular weight excluding hydrogens is 297 g/mol. The van der Waals surface area contributed by atoms with E-state index in [1.807, 2.05) is 43.1 Å². The van der Waals surface area contributed by atoms with Crippen LogP contribution in [-0.2, 0) is 12.3 Å². The van der Waals surface area contributed by atoms with Gasteiger partial charge in [-0.25, -0.2) is 0 Å². The molecule has 0 radical (unpaired) electrons. The molecule has 0 spiro atoms. The van der Waals surface area contributed by atoms with E-state index in [0.717, 1.165) is 22.3 Å². The van der Waals surface area contributed by atoms with Crippen molar-refractivity contribution in [1.29, 1.82) is 0 Å². The molecule has 0 heterocycles. The number of halogens is 2. The highest BCUT2D eigenvalue weighted by atomic mass is 35.5. The first-order chi connectivity index (χ1) is 9.19. The van der Waals surface area contributed by atoms with Crippen LogP contribution < -0.4 is 5.32 Å². The minimum absolute atomic E-state index is 0.774. The highest BCUT2D eigenvalue weighted by Crippen LogP contribution is 2.28. The summed E-state index contributed by atoms with van der Waals surface area (Å²) in [6.07, 6.45) is 0. The average molecular weight is 312 g/mol. The lowest BCUT2D eigenvalue weighted by molar-refractivity contribution is 0.803. The van der Waals surface area contributed by atoms with Crippen molar-refractivity contribution >= 4 is 35.0 Å². The van der Waals surface area contributed by atoms with Gasteiger partial charge in [0.2, 0.25) is 0 Å². The molecule has 0 unspecified atom stereocenters. The summed E-state index contributed by atoms with van der Waals surface area (Å²) in [6, 6.07) is 14.0. The maximum absolute atomic E-state index is 6.04. The molecule has 2 aromatic rings. The molecule has 1 nitrogen and oxygen atoms in total. The van der Waals surface area contributed by atoms with Gasteiger partial charge in [0.25, 0.3) is 0 Å². The molecule has 2 aromatic carbocycles. The zero-order valence-corrected chi connectivity index (χ0v) is 12.9. The Morgan fingerprint density at radius 2 is 1.68 bits per heavy atom. The van der Waals surface area contributed by atoms with Crippen LogP contribution in [0.3, 0.4) is 0 Å². The third kappa shape index (κ3) is 4.43. The Labute approximate surface area is 128 Å². The van der Waals surface area contributed by atoms with Gasteiger partial charge in [-0.1, -0.05) is 35.3 Å². The van der Waals surface area contributed by atoms with Crippen LogP contribution >= 0.6 is 35.0 Å². The van der Waals surface area contributed by atoms with Crippen LogP contribution in [0.2, 0.25) is 10.0 Å². The van der Waals surface area contributed by atoms with Crippen molar-refractivity contribution in [2.45, 2.75) is 17.2 Å². The topological polar surface area (TPSA) is 12.0 Å². The Morgan fingerprint density at radius 1 is 1.00 bits per heavy atom. The second-order valence-corrected chi connectivity index (χ2v) is 6.09. The molecule has 0 saturated carbocycles. The maximum Gasteiger partial charge on any atom is 0.0410 e. The van der Waals surface area contributed by atoms with E-state index < -0.39 is 0 Å². The summed E-state index contributed by atoms with van der Waals surface area (Å²) in [5, 5.41) is 4.72. The molecular formula is C15H15Cl2NS. The van der Waals surface area contributed by atoms with Crippen molar-refractivity contribution in [3.63, 3.8) is 0 Å². The molecule has 0 aliphatic heterocycles. The molecule has 100 valence electrons. The molecule has 19 heavy (non-hydrogen) atoms. The third-order valence-corrected chi connectivity index (χ3v) is 4.37. The van der Waals surface area contributed by atoms with Gasteiger partial charge < -0.3 is 5.32 Å². The van der Waals surface area contributed by atoms with E-state index in [9.17, 15) is 0 Å². The summed E-state index contributed by atoms with van der Waals surface area (Å²) in [5.74, 6) is 0.926. The Hall–Kier alpha value is -0.670. The second kappa shape index (κ2) is 7.20. The first-order valence-corrected chi connectivity index (χ1v) is 7.73. The van der Waals surface area contributed by atoms with Gasteiger partial charge in [-0.15, -0.1) is 11.8 Å². The fraction of sp³-hybridized carbons (Fsp3) is 0.200. The van der Waals surface area contributed by atoms with Gasteiger partial charge in [-0.3, -0.25) is 0 Å². The van der Waals surface area contributed by atoms with Crippen LogP contribution in [0.25, 0.3) is 0 Å². The Morgan fingerprint density at radius 3 is 2.37 bits per heavy atom. The molecule has 0 saturated heterocycles. The van der Waals surface area contributed by atoms with Crippen molar-refractivity contribution in [3.8, 4) is 0 Å². The lowest BCUT2D eigenvalue weighted by atomic mass is 10.2. The fourth-order valence-corrected chi connectivity index (χ4v) is 3.08. The summed E-state index contributed by atoms with van der Waals surface area (Å²) >= 11 is 13.7. The largest absolute Gasteiger partial charge is 0.316 e. The van der Waals surface area contributed by atoms with E-state index in [2.05, 4.69) is 23.5 Å². The Balaban J connectivity index is 2.08. The van der Waals surface area contributed by atoms with E-state index in [-0.39, 0.29) is 0 Å². The number of thioether (sulfide) groups is 1. The molecule has 0 amide bonds. The minimum atomic E-state index is 0.774. The van der Waals surface area contributed by atoms with Gasteiger partial charge in [-0.05, 0) is 48.5 Å². The number of hydrogen-bond donors (Lipinski definition) is 1. The Bertz CT molecular complexity index is 540. The van der Waals surface area contributed by atoms with Crippen LogP contribution in [0.1, 0.15) is 11.1 Å². The third-order valence-electron chi connectivity index (χ3n) is 2.70. The number of hydrogen-bond acceptors (Lipinski definition) is 2. The molecule has 0 aromatic heterocycles. The summed E-state index contributed by atoms with van der Waals surface area (Å²) in [6.45, 7) is 0.823. The number of benzene rings is 2. The number of rotatable bonds is 5.